The Morgan fingerprint density at radius 3 is 1.12 bits per heavy atom. The van der Waals surface area contributed by atoms with Crippen LogP contribution in [0.15, 0.2) is 146 Å². The van der Waals surface area contributed by atoms with Crippen molar-refractivity contribution >= 4 is 43.6 Å². The average Bonchev–Trinajstić information content (AvgIpc) is 3.55. The molecular weight excluding hydrogens is 508 g/mol. The Labute approximate surface area is 246 Å². The molecule has 2 nitrogen and oxygen atoms in total. The summed E-state index contributed by atoms with van der Waals surface area (Å²) in [6.45, 7) is 4.70. The van der Waals surface area contributed by atoms with Gasteiger partial charge in [-0.2, -0.15) is 0 Å². The van der Waals surface area contributed by atoms with Gasteiger partial charge in [0.1, 0.15) is 0 Å². The Hall–Kier alpha value is -5.08. The lowest BCUT2D eigenvalue weighted by atomic mass is 9.79. The van der Waals surface area contributed by atoms with Gasteiger partial charge in [-0.25, -0.2) is 0 Å². The molecule has 0 bridgehead atoms. The summed E-state index contributed by atoms with van der Waals surface area (Å²) in [5, 5.41) is 5.18. The van der Waals surface area contributed by atoms with Gasteiger partial charge in [0.25, 0.3) is 0 Å². The molecule has 0 aliphatic carbocycles. The van der Waals surface area contributed by atoms with E-state index >= 15 is 0 Å². The third-order valence-electron chi connectivity index (χ3n) is 8.91. The highest BCUT2D eigenvalue weighted by atomic mass is 15.0. The zero-order valence-corrected chi connectivity index (χ0v) is 24.0. The third-order valence-corrected chi connectivity index (χ3v) is 8.91. The van der Waals surface area contributed by atoms with Gasteiger partial charge in [0, 0.05) is 32.9 Å². The topological polar surface area (TPSA) is 9.86 Å². The number of para-hydroxylation sites is 4. The van der Waals surface area contributed by atoms with Crippen molar-refractivity contribution < 1.29 is 0 Å². The number of fused-ring (bicyclic) bond motifs is 6. The SMILES string of the molecule is CC(C)(Cc1ccc(-n2c3ccccc3c3ccccc32)cc1)c1ccc(-n2c3ccccc3c3ccccc32)cc1. The maximum absolute atomic E-state index is 2.38. The molecule has 8 aromatic rings. The molecule has 0 N–H and O–H groups in total. The normalized spacial score (nSPS) is 12.1. The first kappa shape index (κ1) is 24.7. The lowest BCUT2D eigenvalue weighted by Crippen LogP contribution is -2.20. The highest BCUT2D eigenvalue weighted by Gasteiger charge is 2.22. The molecule has 2 heteroatoms. The zero-order chi connectivity index (χ0) is 28.3. The van der Waals surface area contributed by atoms with Crippen molar-refractivity contribution in [3.8, 4) is 11.4 Å². The quantitative estimate of drug-likeness (QED) is 0.205. The van der Waals surface area contributed by atoms with Crippen LogP contribution in [0.3, 0.4) is 0 Å². The van der Waals surface area contributed by atoms with Gasteiger partial charge in [-0.15, -0.1) is 0 Å². The number of aromatic nitrogens is 2. The molecule has 202 valence electrons. The summed E-state index contributed by atoms with van der Waals surface area (Å²) in [6, 6.07) is 53.1. The summed E-state index contributed by atoms with van der Waals surface area (Å²) in [6.07, 6.45) is 0.967. The van der Waals surface area contributed by atoms with Crippen LogP contribution in [0.25, 0.3) is 55.0 Å². The van der Waals surface area contributed by atoms with Crippen LogP contribution in [0.2, 0.25) is 0 Å². The number of hydrogen-bond donors (Lipinski definition) is 0. The molecule has 0 fully saturated rings. The van der Waals surface area contributed by atoms with Crippen molar-refractivity contribution in [1.82, 2.24) is 9.13 Å². The van der Waals surface area contributed by atoms with Crippen molar-refractivity contribution in [3.05, 3.63) is 157 Å². The third kappa shape index (κ3) is 3.87. The Bertz CT molecular complexity index is 2120. The van der Waals surface area contributed by atoms with Crippen LogP contribution < -0.4 is 0 Å². The van der Waals surface area contributed by atoms with E-state index in [1.54, 1.807) is 0 Å². The standard InChI is InChI=1S/C40H32N2/c1-40(2,29-21-25-31(26-22-29)42-38-17-9-5-13-34(38)35-14-6-10-18-39(35)42)27-28-19-23-30(24-20-28)41-36-15-7-3-11-32(36)33-12-4-8-16-37(33)41/h3-26H,27H2,1-2H3. The van der Waals surface area contributed by atoms with Gasteiger partial charge < -0.3 is 9.13 Å². The van der Waals surface area contributed by atoms with E-state index < -0.39 is 0 Å². The largest absolute Gasteiger partial charge is 0.309 e. The number of rotatable bonds is 5. The molecule has 0 unspecified atom stereocenters. The average molecular weight is 541 g/mol. The first-order valence-electron chi connectivity index (χ1n) is 14.8. The first-order valence-corrected chi connectivity index (χ1v) is 14.8. The number of benzene rings is 6. The fraction of sp³-hybridized carbons (Fsp3) is 0.100. The van der Waals surface area contributed by atoms with Crippen molar-refractivity contribution in [2.24, 2.45) is 0 Å². The Morgan fingerprint density at radius 2 is 0.738 bits per heavy atom. The second-order valence-electron chi connectivity index (χ2n) is 12.0. The highest BCUT2D eigenvalue weighted by molar-refractivity contribution is 6.10. The highest BCUT2D eigenvalue weighted by Crippen LogP contribution is 2.35. The van der Waals surface area contributed by atoms with Crippen molar-refractivity contribution in [2.75, 3.05) is 0 Å². The van der Waals surface area contributed by atoms with Crippen LogP contribution in [0.4, 0.5) is 0 Å². The summed E-state index contributed by atoms with van der Waals surface area (Å²) in [7, 11) is 0. The minimum absolute atomic E-state index is 0.00624. The molecule has 0 saturated carbocycles. The Kier molecular flexibility index (Phi) is 5.58. The Balaban J connectivity index is 1.10. The van der Waals surface area contributed by atoms with Gasteiger partial charge in [0.2, 0.25) is 0 Å². The van der Waals surface area contributed by atoms with Gasteiger partial charge in [-0.3, -0.25) is 0 Å². The van der Waals surface area contributed by atoms with E-state index in [4.69, 9.17) is 0 Å². The molecule has 8 rings (SSSR count). The van der Waals surface area contributed by atoms with E-state index in [1.165, 1.54) is 66.1 Å². The molecule has 2 heterocycles. The summed E-state index contributed by atoms with van der Waals surface area (Å²) in [5.41, 5.74) is 10.1. The molecule has 0 atom stereocenters. The van der Waals surface area contributed by atoms with E-state index in [-0.39, 0.29) is 5.41 Å². The van der Waals surface area contributed by atoms with Crippen molar-refractivity contribution in [2.45, 2.75) is 25.7 Å². The second-order valence-corrected chi connectivity index (χ2v) is 12.0. The molecule has 0 aliphatic rings. The summed E-state index contributed by atoms with van der Waals surface area (Å²) in [4.78, 5) is 0. The van der Waals surface area contributed by atoms with Gasteiger partial charge in [-0.05, 0) is 71.5 Å². The summed E-state index contributed by atoms with van der Waals surface area (Å²) >= 11 is 0. The molecule has 0 spiro atoms. The van der Waals surface area contributed by atoms with Crippen molar-refractivity contribution in [3.63, 3.8) is 0 Å². The molecule has 0 radical (unpaired) electrons. The molecule has 2 aromatic heterocycles. The monoisotopic (exact) mass is 540 g/mol. The fourth-order valence-corrected chi connectivity index (χ4v) is 6.84. The van der Waals surface area contributed by atoms with Crippen molar-refractivity contribution in [1.29, 1.82) is 0 Å². The van der Waals surface area contributed by atoms with E-state index in [0.29, 0.717) is 0 Å². The minimum atomic E-state index is -0.00624. The van der Waals surface area contributed by atoms with Crippen LogP contribution in [-0.4, -0.2) is 9.13 Å². The molecular formula is C40H32N2. The first-order chi connectivity index (χ1) is 20.6. The van der Waals surface area contributed by atoms with Crippen LogP contribution >= 0.6 is 0 Å². The number of nitrogens with zero attached hydrogens (tertiary/aromatic N) is 2. The van der Waals surface area contributed by atoms with E-state index in [9.17, 15) is 0 Å². The van der Waals surface area contributed by atoms with Crippen LogP contribution in [0, 0.1) is 0 Å². The van der Waals surface area contributed by atoms with Gasteiger partial charge in [0.15, 0.2) is 0 Å². The second kappa shape index (κ2) is 9.49. The lowest BCUT2D eigenvalue weighted by Gasteiger charge is -2.26. The predicted octanol–water partition coefficient (Wildman–Crippen LogP) is 10.4. The van der Waals surface area contributed by atoms with Crippen LogP contribution in [0.1, 0.15) is 25.0 Å². The van der Waals surface area contributed by atoms with E-state index in [1.807, 2.05) is 0 Å². The smallest absolute Gasteiger partial charge is 0.0541 e. The summed E-state index contributed by atoms with van der Waals surface area (Å²) in [5.74, 6) is 0. The zero-order valence-electron chi connectivity index (χ0n) is 24.0. The van der Waals surface area contributed by atoms with E-state index in [0.717, 1.165) is 6.42 Å². The molecule has 0 saturated heterocycles. The van der Waals surface area contributed by atoms with Crippen LogP contribution in [0.5, 0.6) is 0 Å². The Morgan fingerprint density at radius 1 is 0.405 bits per heavy atom. The van der Waals surface area contributed by atoms with Crippen LogP contribution in [-0.2, 0) is 11.8 Å². The summed E-state index contributed by atoms with van der Waals surface area (Å²) < 4.78 is 4.77. The van der Waals surface area contributed by atoms with Gasteiger partial charge in [-0.1, -0.05) is 111 Å². The maximum atomic E-state index is 2.38. The molecule has 0 amide bonds. The molecule has 6 aromatic carbocycles. The fourth-order valence-electron chi connectivity index (χ4n) is 6.84. The lowest BCUT2D eigenvalue weighted by molar-refractivity contribution is 0.522. The predicted molar refractivity (Wildman–Crippen MR) is 178 cm³/mol. The molecule has 0 aliphatic heterocycles. The molecule has 42 heavy (non-hydrogen) atoms. The maximum Gasteiger partial charge on any atom is 0.0541 e. The van der Waals surface area contributed by atoms with Gasteiger partial charge in [0.05, 0.1) is 22.1 Å². The number of hydrogen-bond acceptors (Lipinski definition) is 0. The minimum Gasteiger partial charge on any atom is -0.309 e. The van der Waals surface area contributed by atoms with Gasteiger partial charge >= 0.3 is 0 Å². The van der Waals surface area contributed by atoms with E-state index in [2.05, 4.69) is 169 Å².